The highest BCUT2D eigenvalue weighted by atomic mass is 16.5. The molecule has 1 aromatic heterocycles. The van der Waals surface area contributed by atoms with E-state index in [4.69, 9.17) is 9.47 Å². The van der Waals surface area contributed by atoms with Crippen LogP contribution in [-0.4, -0.2) is 48.3 Å². The van der Waals surface area contributed by atoms with Crippen LogP contribution in [0.2, 0.25) is 0 Å². The molecule has 0 amide bonds. The zero-order valence-corrected chi connectivity index (χ0v) is 10.8. The molecule has 1 aliphatic heterocycles. The van der Waals surface area contributed by atoms with Crippen molar-refractivity contribution in [3.05, 3.63) is 0 Å². The summed E-state index contributed by atoms with van der Waals surface area (Å²) in [6.07, 6.45) is 3.30. The van der Waals surface area contributed by atoms with Crippen molar-refractivity contribution >= 4 is 5.95 Å². The van der Waals surface area contributed by atoms with Gasteiger partial charge in [0.2, 0.25) is 5.95 Å². The molecule has 0 aliphatic carbocycles. The van der Waals surface area contributed by atoms with Crippen molar-refractivity contribution in [3.63, 3.8) is 0 Å². The topological polar surface area (TPSA) is 81.2 Å². The maximum Gasteiger partial charge on any atom is 0.324 e. The van der Waals surface area contributed by atoms with Crippen LogP contribution >= 0.6 is 0 Å². The van der Waals surface area contributed by atoms with E-state index in [9.17, 15) is 0 Å². The van der Waals surface area contributed by atoms with E-state index in [-0.39, 0.29) is 12.0 Å². The van der Waals surface area contributed by atoms with Crippen LogP contribution in [0.3, 0.4) is 0 Å². The van der Waals surface area contributed by atoms with Crippen molar-refractivity contribution in [2.75, 3.05) is 32.6 Å². The lowest BCUT2D eigenvalue weighted by molar-refractivity contribution is 0.340. The predicted octanol–water partition coefficient (Wildman–Crippen LogP) is 0.443. The van der Waals surface area contributed by atoms with Crippen LogP contribution in [0.4, 0.5) is 5.95 Å². The van der Waals surface area contributed by atoms with Crippen molar-refractivity contribution in [2.45, 2.75) is 25.3 Å². The van der Waals surface area contributed by atoms with Crippen LogP contribution < -0.4 is 20.1 Å². The van der Waals surface area contributed by atoms with Gasteiger partial charge in [0, 0.05) is 6.04 Å². The van der Waals surface area contributed by atoms with Gasteiger partial charge in [0.15, 0.2) is 0 Å². The maximum atomic E-state index is 5.02. The Morgan fingerprint density at radius 3 is 2.44 bits per heavy atom. The second-order valence-electron chi connectivity index (χ2n) is 4.15. The summed E-state index contributed by atoms with van der Waals surface area (Å²) in [6, 6.07) is 0.893. The molecule has 1 unspecified atom stereocenters. The first-order valence-electron chi connectivity index (χ1n) is 6.13. The molecular formula is C11H19N5O2. The van der Waals surface area contributed by atoms with E-state index in [0.29, 0.717) is 12.0 Å². The minimum absolute atomic E-state index is 0.260. The number of anilines is 1. The summed E-state index contributed by atoms with van der Waals surface area (Å²) in [5.41, 5.74) is 0. The summed E-state index contributed by atoms with van der Waals surface area (Å²) in [5.74, 6) is 0.505. The van der Waals surface area contributed by atoms with Gasteiger partial charge in [-0.1, -0.05) is 0 Å². The zero-order chi connectivity index (χ0) is 12.8. The van der Waals surface area contributed by atoms with E-state index < -0.39 is 0 Å². The van der Waals surface area contributed by atoms with E-state index in [1.165, 1.54) is 14.2 Å². The molecule has 7 heteroatoms. The fraction of sp³-hybridized carbons (Fsp3) is 0.727. The minimum atomic E-state index is 0.260. The van der Waals surface area contributed by atoms with Crippen LogP contribution in [0.5, 0.6) is 12.0 Å². The van der Waals surface area contributed by atoms with Gasteiger partial charge < -0.3 is 20.1 Å². The van der Waals surface area contributed by atoms with E-state index in [2.05, 4.69) is 25.6 Å². The quantitative estimate of drug-likeness (QED) is 0.806. The number of nitrogens with one attached hydrogen (secondary N) is 2. The molecule has 1 saturated heterocycles. The summed E-state index contributed by atoms with van der Waals surface area (Å²) in [4.78, 5) is 12.3. The summed E-state index contributed by atoms with van der Waals surface area (Å²) < 4.78 is 10.0. The Morgan fingerprint density at radius 2 is 1.78 bits per heavy atom. The third-order valence-corrected chi connectivity index (χ3v) is 2.87. The fourth-order valence-corrected chi connectivity index (χ4v) is 1.93. The Labute approximate surface area is 106 Å². The number of methoxy groups -OCH3 is 2. The first-order chi connectivity index (χ1) is 8.81. The Balaban J connectivity index is 2.06. The first kappa shape index (κ1) is 12.8. The van der Waals surface area contributed by atoms with Gasteiger partial charge in [-0.2, -0.15) is 9.97 Å². The average Bonchev–Trinajstić information content (AvgIpc) is 2.67. The second-order valence-corrected chi connectivity index (χ2v) is 4.15. The summed E-state index contributed by atoms with van der Waals surface area (Å²) in [5, 5.41) is 6.67. The highest BCUT2D eigenvalue weighted by Crippen LogP contribution is 2.15. The molecule has 0 aromatic carbocycles. The van der Waals surface area contributed by atoms with Crippen LogP contribution in [0, 0.1) is 0 Å². The Kier molecular flexibility index (Phi) is 4.52. The third kappa shape index (κ3) is 3.43. The van der Waals surface area contributed by atoms with Crippen LogP contribution in [0.1, 0.15) is 19.3 Å². The van der Waals surface area contributed by atoms with Crippen molar-refractivity contribution in [3.8, 4) is 12.0 Å². The molecule has 0 spiro atoms. The van der Waals surface area contributed by atoms with Crippen LogP contribution in [0.15, 0.2) is 0 Å². The SMILES string of the molecule is COc1nc(NC2CCCNCC2)nc(OC)n1. The smallest absolute Gasteiger partial charge is 0.324 e. The summed E-state index contributed by atoms with van der Waals surface area (Å²) >= 11 is 0. The molecule has 0 saturated carbocycles. The molecule has 100 valence electrons. The largest absolute Gasteiger partial charge is 0.467 e. The van der Waals surface area contributed by atoms with Gasteiger partial charge in [-0.15, -0.1) is 4.98 Å². The molecule has 2 N–H and O–H groups in total. The maximum absolute atomic E-state index is 5.02. The standard InChI is InChI=1S/C11H19N5O2/c1-17-10-14-9(15-11(16-10)18-2)13-8-4-3-6-12-7-5-8/h8,12H,3-7H2,1-2H3,(H,13,14,15,16). The predicted molar refractivity (Wildman–Crippen MR) is 67.1 cm³/mol. The molecule has 1 fully saturated rings. The number of aromatic nitrogens is 3. The van der Waals surface area contributed by atoms with Gasteiger partial charge in [0.25, 0.3) is 0 Å². The van der Waals surface area contributed by atoms with E-state index in [0.717, 1.165) is 32.4 Å². The number of hydrogen-bond acceptors (Lipinski definition) is 7. The molecule has 1 aliphatic rings. The van der Waals surface area contributed by atoms with Gasteiger partial charge in [-0.3, -0.25) is 0 Å². The fourth-order valence-electron chi connectivity index (χ4n) is 1.93. The average molecular weight is 253 g/mol. The van der Waals surface area contributed by atoms with Crippen molar-refractivity contribution in [1.29, 1.82) is 0 Å². The second kappa shape index (κ2) is 6.34. The monoisotopic (exact) mass is 253 g/mol. The zero-order valence-electron chi connectivity index (χ0n) is 10.8. The van der Waals surface area contributed by atoms with Gasteiger partial charge in [-0.25, -0.2) is 0 Å². The molecule has 0 radical (unpaired) electrons. The summed E-state index contributed by atoms with van der Waals surface area (Å²) in [7, 11) is 3.04. The lowest BCUT2D eigenvalue weighted by atomic mass is 10.1. The Morgan fingerprint density at radius 1 is 1.06 bits per heavy atom. The van der Waals surface area contributed by atoms with Gasteiger partial charge in [0.1, 0.15) is 0 Å². The lowest BCUT2D eigenvalue weighted by Crippen LogP contribution is -2.23. The first-order valence-corrected chi connectivity index (χ1v) is 6.13. The van der Waals surface area contributed by atoms with E-state index >= 15 is 0 Å². The van der Waals surface area contributed by atoms with Crippen molar-refractivity contribution < 1.29 is 9.47 Å². The van der Waals surface area contributed by atoms with E-state index in [1.807, 2.05) is 0 Å². The highest BCUT2D eigenvalue weighted by molar-refractivity contribution is 5.29. The Bertz CT molecular complexity index is 357. The molecular weight excluding hydrogens is 234 g/mol. The van der Waals surface area contributed by atoms with Gasteiger partial charge >= 0.3 is 12.0 Å². The number of rotatable bonds is 4. The minimum Gasteiger partial charge on any atom is -0.467 e. The molecule has 1 atom stereocenters. The normalized spacial score (nSPS) is 20.0. The third-order valence-electron chi connectivity index (χ3n) is 2.87. The lowest BCUT2D eigenvalue weighted by Gasteiger charge is -2.16. The molecule has 2 rings (SSSR count). The highest BCUT2D eigenvalue weighted by Gasteiger charge is 2.14. The number of nitrogens with zero attached hydrogens (tertiary/aromatic N) is 3. The molecule has 7 nitrogen and oxygen atoms in total. The number of hydrogen-bond donors (Lipinski definition) is 2. The molecule has 0 bridgehead atoms. The molecule has 18 heavy (non-hydrogen) atoms. The van der Waals surface area contributed by atoms with Crippen molar-refractivity contribution in [1.82, 2.24) is 20.3 Å². The van der Waals surface area contributed by atoms with Crippen LogP contribution in [0.25, 0.3) is 0 Å². The Hall–Kier alpha value is -1.63. The van der Waals surface area contributed by atoms with Crippen LogP contribution in [-0.2, 0) is 0 Å². The summed E-state index contributed by atoms with van der Waals surface area (Å²) in [6.45, 7) is 2.08. The van der Waals surface area contributed by atoms with Crippen molar-refractivity contribution in [2.24, 2.45) is 0 Å². The molecule has 2 heterocycles. The van der Waals surface area contributed by atoms with Gasteiger partial charge in [0.05, 0.1) is 14.2 Å². The molecule has 1 aromatic rings. The number of ether oxygens (including phenoxy) is 2. The van der Waals surface area contributed by atoms with Gasteiger partial charge in [-0.05, 0) is 32.4 Å². The van der Waals surface area contributed by atoms with E-state index in [1.54, 1.807) is 0 Å².